The van der Waals surface area contributed by atoms with Crippen molar-refractivity contribution in [1.82, 2.24) is 9.97 Å². The first-order valence-corrected chi connectivity index (χ1v) is 6.35. The monoisotopic (exact) mass is 300 g/mol. The molecule has 0 radical (unpaired) electrons. The maximum atomic E-state index is 11.6. The van der Waals surface area contributed by atoms with E-state index in [0.717, 1.165) is 0 Å². The van der Waals surface area contributed by atoms with Crippen LogP contribution < -0.4 is 0 Å². The average Bonchev–Trinajstić information content (AvgIpc) is 2.59. The number of carbonyl (C=O) groups is 3. The molecule has 0 aromatic carbocycles. The third-order valence-electron chi connectivity index (χ3n) is 2.48. The van der Waals surface area contributed by atoms with Gasteiger partial charge in [-0.05, 0) is 24.3 Å². The maximum Gasteiger partial charge on any atom is 0.357 e. The minimum atomic E-state index is -0.718. The van der Waals surface area contributed by atoms with Crippen LogP contribution in [0.4, 0.5) is 0 Å². The predicted octanol–water partition coefficient (Wildman–Crippen LogP) is 1.06. The number of ketones is 1. The zero-order valence-corrected chi connectivity index (χ0v) is 11.5. The Kier molecular flexibility index (Phi) is 5.31. The lowest BCUT2D eigenvalue weighted by Crippen LogP contribution is -2.21. The molecule has 2 heterocycles. The fourth-order valence-electron chi connectivity index (χ4n) is 1.45. The van der Waals surface area contributed by atoms with Gasteiger partial charge in [-0.25, -0.2) is 19.6 Å². The molecule has 112 valence electrons. The molecule has 7 heteroatoms. The number of Topliss-reactive ketones (excluding diaryl/α,β-unsaturated/α-hetero) is 1. The molecular weight excluding hydrogens is 288 g/mol. The normalized spacial score (nSPS) is 9.82. The molecular formula is C15H12N2O5. The van der Waals surface area contributed by atoms with E-state index >= 15 is 0 Å². The molecule has 0 N–H and O–H groups in total. The van der Waals surface area contributed by atoms with Crippen LogP contribution >= 0.6 is 0 Å². The van der Waals surface area contributed by atoms with Crippen LogP contribution in [0.5, 0.6) is 0 Å². The van der Waals surface area contributed by atoms with Crippen LogP contribution in [0.3, 0.4) is 0 Å². The molecule has 0 saturated heterocycles. The van der Waals surface area contributed by atoms with Crippen LogP contribution in [-0.2, 0) is 14.3 Å². The SMILES string of the molecule is O=C(COC(=O)c1ccccn1)COC(=O)c1ccccn1. The predicted molar refractivity (Wildman–Crippen MR) is 74.0 cm³/mol. The first-order valence-electron chi connectivity index (χ1n) is 6.35. The summed E-state index contributed by atoms with van der Waals surface area (Å²) in [6, 6.07) is 9.49. The van der Waals surface area contributed by atoms with E-state index in [1.807, 2.05) is 0 Å². The van der Waals surface area contributed by atoms with Crippen molar-refractivity contribution in [3.63, 3.8) is 0 Å². The van der Waals surface area contributed by atoms with Crippen molar-refractivity contribution in [3.05, 3.63) is 60.2 Å². The summed E-state index contributed by atoms with van der Waals surface area (Å²) in [5.41, 5.74) is 0.196. The van der Waals surface area contributed by atoms with Crippen LogP contribution in [0.25, 0.3) is 0 Å². The zero-order chi connectivity index (χ0) is 15.8. The molecule has 0 unspecified atom stereocenters. The Hall–Kier alpha value is -3.09. The van der Waals surface area contributed by atoms with Gasteiger partial charge < -0.3 is 9.47 Å². The van der Waals surface area contributed by atoms with Gasteiger partial charge in [-0.3, -0.25) is 4.79 Å². The Morgan fingerprint density at radius 1 is 0.773 bits per heavy atom. The van der Waals surface area contributed by atoms with Crippen molar-refractivity contribution in [1.29, 1.82) is 0 Å². The van der Waals surface area contributed by atoms with E-state index < -0.39 is 30.9 Å². The number of pyridine rings is 2. The van der Waals surface area contributed by atoms with E-state index in [1.54, 1.807) is 24.3 Å². The molecule has 22 heavy (non-hydrogen) atoms. The number of aromatic nitrogens is 2. The number of esters is 2. The second-order valence-electron chi connectivity index (χ2n) is 4.12. The minimum Gasteiger partial charge on any atom is -0.453 e. The summed E-state index contributed by atoms with van der Waals surface area (Å²) < 4.78 is 9.54. The Bertz CT molecular complexity index is 601. The van der Waals surface area contributed by atoms with Crippen LogP contribution in [0, 0.1) is 0 Å². The summed E-state index contributed by atoms with van der Waals surface area (Å²) in [6.45, 7) is -0.990. The van der Waals surface area contributed by atoms with Gasteiger partial charge in [0.25, 0.3) is 0 Å². The maximum absolute atomic E-state index is 11.6. The molecule has 0 spiro atoms. The van der Waals surface area contributed by atoms with Gasteiger partial charge >= 0.3 is 11.9 Å². The molecule has 2 aromatic rings. The summed E-state index contributed by atoms with van der Waals surface area (Å²) in [6.07, 6.45) is 2.88. The second kappa shape index (κ2) is 7.63. The highest BCUT2D eigenvalue weighted by molar-refractivity contribution is 5.92. The molecule has 0 bridgehead atoms. The highest BCUT2D eigenvalue weighted by Crippen LogP contribution is 1.99. The minimum absolute atomic E-state index is 0.0979. The van der Waals surface area contributed by atoms with E-state index in [0.29, 0.717) is 0 Å². The Morgan fingerprint density at radius 3 is 1.59 bits per heavy atom. The third-order valence-corrected chi connectivity index (χ3v) is 2.48. The van der Waals surface area contributed by atoms with Gasteiger partial charge in [-0.2, -0.15) is 0 Å². The standard InChI is InChI=1S/C15H12N2O5/c18-11(9-21-14(19)12-5-1-3-7-16-12)10-22-15(20)13-6-2-4-8-17-13/h1-8H,9-10H2. The lowest BCUT2D eigenvalue weighted by molar-refractivity contribution is -0.125. The van der Waals surface area contributed by atoms with Crippen molar-refractivity contribution in [2.45, 2.75) is 0 Å². The lowest BCUT2D eigenvalue weighted by atomic mass is 10.3. The van der Waals surface area contributed by atoms with Crippen LogP contribution in [0.1, 0.15) is 21.0 Å². The number of nitrogens with zero attached hydrogens (tertiary/aromatic N) is 2. The summed E-state index contributed by atoms with van der Waals surface area (Å²) in [5, 5.41) is 0. The molecule has 0 aliphatic heterocycles. The van der Waals surface area contributed by atoms with Crippen molar-refractivity contribution in [2.75, 3.05) is 13.2 Å². The van der Waals surface area contributed by atoms with Gasteiger partial charge in [-0.15, -0.1) is 0 Å². The van der Waals surface area contributed by atoms with Gasteiger partial charge in [0.2, 0.25) is 5.78 Å². The van der Waals surface area contributed by atoms with E-state index in [1.165, 1.54) is 24.5 Å². The second-order valence-corrected chi connectivity index (χ2v) is 4.12. The number of ether oxygens (including phenoxy) is 2. The highest BCUT2D eigenvalue weighted by Gasteiger charge is 2.14. The fourth-order valence-corrected chi connectivity index (χ4v) is 1.45. The molecule has 0 amide bonds. The fraction of sp³-hybridized carbons (Fsp3) is 0.133. The topological polar surface area (TPSA) is 95.5 Å². The third kappa shape index (κ3) is 4.48. The van der Waals surface area contributed by atoms with E-state index in [2.05, 4.69) is 9.97 Å². The van der Waals surface area contributed by atoms with E-state index in [9.17, 15) is 14.4 Å². The molecule has 7 nitrogen and oxygen atoms in total. The summed E-state index contributed by atoms with van der Waals surface area (Å²) in [7, 11) is 0. The number of carbonyl (C=O) groups excluding carboxylic acids is 3. The van der Waals surface area contributed by atoms with Crippen molar-refractivity contribution in [2.24, 2.45) is 0 Å². The summed E-state index contributed by atoms with van der Waals surface area (Å²) >= 11 is 0. The molecule has 2 rings (SSSR count). The van der Waals surface area contributed by atoms with Crippen molar-refractivity contribution < 1.29 is 23.9 Å². The van der Waals surface area contributed by atoms with Gasteiger partial charge in [-0.1, -0.05) is 12.1 Å². The Morgan fingerprint density at radius 2 is 1.23 bits per heavy atom. The summed E-state index contributed by atoms with van der Waals surface area (Å²) in [5.74, 6) is -1.98. The van der Waals surface area contributed by atoms with Gasteiger partial charge in [0.05, 0.1) is 0 Å². The van der Waals surface area contributed by atoms with Crippen LogP contribution in [-0.4, -0.2) is 40.9 Å². The summed E-state index contributed by atoms with van der Waals surface area (Å²) in [4.78, 5) is 42.2. The number of rotatable bonds is 6. The van der Waals surface area contributed by atoms with Gasteiger partial charge in [0.1, 0.15) is 11.4 Å². The van der Waals surface area contributed by atoms with Crippen molar-refractivity contribution >= 4 is 17.7 Å². The van der Waals surface area contributed by atoms with Gasteiger partial charge in [0.15, 0.2) is 13.2 Å². The van der Waals surface area contributed by atoms with Crippen LogP contribution in [0.2, 0.25) is 0 Å². The number of hydrogen-bond acceptors (Lipinski definition) is 7. The lowest BCUT2D eigenvalue weighted by Gasteiger charge is -2.05. The first-order chi connectivity index (χ1) is 10.7. The van der Waals surface area contributed by atoms with E-state index in [4.69, 9.17) is 9.47 Å². The smallest absolute Gasteiger partial charge is 0.357 e. The quantitative estimate of drug-likeness (QED) is 0.736. The molecule has 0 atom stereocenters. The molecule has 0 fully saturated rings. The first kappa shape index (κ1) is 15.3. The average molecular weight is 300 g/mol. The zero-order valence-electron chi connectivity index (χ0n) is 11.5. The highest BCUT2D eigenvalue weighted by atomic mass is 16.6. The Labute approximate surface area is 125 Å². The van der Waals surface area contributed by atoms with E-state index in [-0.39, 0.29) is 11.4 Å². The van der Waals surface area contributed by atoms with Crippen molar-refractivity contribution in [3.8, 4) is 0 Å². The molecule has 0 saturated carbocycles. The Balaban J connectivity index is 1.74. The van der Waals surface area contributed by atoms with Crippen LogP contribution in [0.15, 0.2) is 48.8 Å². The molecule has 2 aromatic heterocycles. The molecule has 0 aliphatic carbocycles. The molecule has 0 aliphatic rings. The number of hydrogen-bond donors (Lipinski definition) is 0. The largest absolute Gasteiger partial charge is 0.453 e. The van der Waals surface area contributed by atoms with Gasteiger partial charge in [0, 0.05) is 12.4 Å².